The summed E-state index contributed by atoms with van der Waals surface area (Å²) < 4.78 is 0. The molecule has 0 spiro atoms. The van der Waals surface area contributed by atoms with E-state index in [4.69, 9.17) is 0 Å². The van der Waals surface area contributed by atoms with E-state index in [-0.39, 0.29) is 18.1 Å². The molecule has 1 aliphatic rings. The summed E-state index contributed by atoms with van der Waals surface area (Å²) >= 11 is 0. The Morgan fingerprint density at radius 1 is 1.43 bits per heavy atom. The van der Waals surface area contributed by atoms with Gasteiger partial charge in [0.1, 0.15) is 0 Å². The van der Waals surface area contributed by atoms with Gasteiger partial charge in [0.2, 0.25) is 5.91 Å². The molecule has 3 nitrogen and oxygen atoms in total. The Morgan fingerprint density at radius 2 is 2.00 bits per heavy atom. The molecule has 1 fully saturated rings. The first-order valence-corrected chi connectivity index (χ1v) is 5.57. The largest absolute Gasteiger partial charge is 0.323 e. The van der Waals surface area contributed by atoms with Crippen molar-refractivity contribution >= 4 is 5.91 Å². The van der Waals surface area contributed by atoms with Gasteiger partial charge in [0.25, 0.3) is 0 Å². The highest BCUT2D eigenvalue weighted by Gasteiger charge is 2.39. The second-order valence-electron chi connectivity index (χ2n) is 4.57. The molecule has 1 saturated heterocycles. The van der Waals surface area contributed by atoms with Crippen molar-refractivity contribution in [3.8, 4) is 0 Å². The van der Waals surface area contributed by atoms with Gasteiger partial charge in [-0.15, -0.1) is 0 Å². The van der Waals surface area contributed by atoms with Crippen molar-refractivity contribution in [2.75, 3.05) is 0 Å². The standard InChI is InChI=1S/C11H22N2O/c1-6-8(4)13-9(5)12-10(7(2)3)11(13)14/h7-10,12H,6H2,1-5H3. The van der Waals surface area contributed by atoms with Crippen molar-refractivity contribution in [2.45, 2.75) is 59.3 Å². The maximum atomic E-state index is 12.0. The van der Waals surface area contributed by atoms with Crippen LogP contribution in [0.25, 0.3) is 0 Å². The van der Waals surface area contributed by atoms with Crippen molar-refractivity contribution in [3.05, 3.63) is 0 Å². The van der Waals surface area contributed by atoms with Crippen LogP contribution in [0, 0.1) is 5.92 Å². The smallest absolute Gasteiger partial charge is 0.241 e. The van der Waals surface area contributed by atoms with Crippen LogP contribution in [0.4, 0.5) is 0 Å². The number of nitrogens with one attached hydrogen (secondary N) is 1. The number of rotatable bonds is 3. The molecule has 0 aromatic heterocycles. The van der Waals surface area contributed by atoms with Gasteiger partial charge in [-0.2, -0.15) is 0 Å². The molecule has 0 radical (unpaired) electrons. The molecule has 14 heavy (non-hydrogen) atoms. The average molecular weight is 198 g/mol. The SMILES string of the molecule is CCC(C)N1C(=O)C(C(C)C)NC1C. The number of hydrogen-bond acceptors (Lipinski definition) is 2. The van der Waals surface area contributed by atoms with Crippen molar-refractivity contribution in [1.29, 1.82) is 0 Å². The van der Waals surface area contributed by atoms with Gasteiger partial charge in [0, 0.05) is 6.04 Å². The van der Waals surface area contributed by atoms with E-state index < -0.39 is 0 Å². The van der Waals surface area contributed by atoms with Crippen molar-refractivity contribution < 1.29 is 4.79 Å². The summed E-state index contributed by atoms with van der Waals surface area (Å²) in [5, 5.41) is 3.34. The first-order chi connectivity index (χ1) is 6.49. The van der Waals surface area contributed by atoms with Crippen LogP contribution in [0.5, 0.6) is 0 Å². The lowest BCUT2D eigenvalue weighted by atomic mass is 10.0. The topological polar surface area (TPSA) is 32.3 Å². The Labute approximate surface area is 86.9 Å². The lowest BCUT2D eigenvalue weighted by Crippen LogP contribution is -2.41. The number of nitrogens with zero attached hydrogens (tertiary/aromatic N) is 1. The Hall–Kier alpha value is -0.570. The molecule has 82 valence electrons. The van der Waals surface area contributed by atoms with Crippen LogP contribution in [0.1, 0.15) is 41.0 Å². The van der Waals surface area contributed by atoms with E-state index in [0.29, 0.717) is 12.0 Å². The Balaban J connectivity index is 2.75. The molecule has 1 rings (SSSR count). The monoisotopic (exact) mass is 198 g/mol. The molecule has 1 aliphatic heterocycles. The fourth-order valence-electron chi connectivity index (χ4n) is 2.04. The summed E-state index contributed by atoms with van der Waals surface area (Å²) in [6.07, 6.45) is 1.20. The Kier molecular flexibility index (Phi) is 3.53. The van der Waals surface area contributed by atoms with Crippen LogP contribution in [-0.4, -0.2) is 29.1 Å². The van der Waals surface area contributed by atoms with E-state index >= 15 is 0 Å². The lowest BCUT2D eigenvalue weighted by Gasteiger charge is -2.27. The molecule has 0 aromatic rings. The Morgan fingerprint density at radius 3 is 2.36 bits per heavy atom. The normalized spacial score (nSPS) is 30.1. The molecule has 1 heterocycles. The molecular weight excluding hydrogens is 176 g/mol. The van der Waals surface area contributed by atoms with E-state index in [1.807, 2.05) is 4.90 Å². The molecule has 1 N–H and O–H groups in total. The van der Waals surface area contributed by atoms with Crippen LogP contribution in [0.2, 0.25) is 0 Å². The van der Waals surface area contributed by atoms with Crippen LogP contribution < -0.4 is 5.32 Å². The zero-order valence-corrected chi connectivity index (χ0v) is 9.87. The highest BCUT2D eigenvalue weighted by atomic mass is 16.2. The summed E-state index contributed by atoms with van der Waals surface area (Å²) in [6, 6.07) is 0.354. The first kappa shape index (κ1) is 11.5. The highest BCUT2D eigenvalue weighted by molar-refractivity contribution is 5.84. The highest BCUT2D eigenvalue weighted by Crippen LogP contribution is 2.20. The molecule has 3 unspecified atom stereocenters. The molecule has 0 bridgehead atoms. The van der Waals surface area contributed by atoms with Crippen LogP contribution in [-0.2, 0) is 4.79 Å². The molecule has 0 saturated carbocycles. The predicted octanol–water partition coefficient (Wildman–Crippen LogP) is 1.59. The van der Waals surface area contributed by atoms with Gasteiger partial charge >= 0.3 is 0 Å². The third kappa shape index (κ3) is 1.92. The fourth-order valence-corrected chi connectivity index (χ4v) is 2.04. The van der Waals surface area contributed by atoms with Gasteiger partial charge in [-0.05, 0) is 26.2 Å². The molecule has 1 amide bonds. The van der Waals surface area contributed by atoms with Gasteiger partial charge in [-0.3, -0.25) is 10.1 Å². The van der Waals surface area contributed by atoms with Gasteiger partial charge < -0.3 is 4.90 Å². The first-order valence-electron chi connectivity index (χ1n) is 5.57. The van der Waals surface area contributed by atoms with E-state index in [2.05, 4.69) is 39.9 Å². The second-order valence-corrected chi connectivity index (χ2v) is 4.57. The van der Waals surface area contributed by atoms with Crippen molar-refractivity contribution in [3.63, 3.8) is 0 Å². The number of hydrogen-bond donors (Lipinski definition) is 1. The third-order valence-corrected chi connectivity index (χ3v) is 3.09. The summed E-state index contributed by atoms with van der Waals surface area (Å²) in [7, 11) is 0. The minimum atomic E-state index is 0.0130. The van der Waals surface area contributed by atoms with Crippen molar-refractivity contribution in [2.24, 2.45) is 5.92 Å². The molecule has 3 atom stereocenters. The minimum Gasteiger partial charge on any atom is -0.323 e. The van der Waals surface area contributed by atoms with Gasteiger partial charge in [0.15, 0.2) is 0 Å². The summed E-state index contributed by atoms with van der Waals surface area (Å²) in [5.41, 5.74) is 0. The second kappa shape index (κ2) is 4.30. The maximum Gasteiger partial charge on any atom is 0.241 e. The predicted molar refractivity (Wildman–Crippen MR) is 57.8 cm³/mol. The molecule has 0 aliphatic carbocycles. The van der Waals surface area contributed by atoms with E-state index in [1.165, 1.54) is 0 Å². The Bertz CT molecular complexity index is 215. The zero-order chi connectivity index (χ0) is 10.9. The van der Waals surface area contributed by atoms with Crippen LogP contribution in [0.3, 0.4) is 0 Å². The summed E-state index contributed by atoms with van der Waals surface area (Å²) in [5.74, 6) is 0.640. The summed E-state index contributed by atoms with van der Waals surface area (Å²) in [4.78, 5) is 14.0. The van der Waals surface area contributed by atoms with E-state index in [9.17, 15) is 4.79 Å². The van der Waals surface area contributed by atoms with Crippen LogP contribution in [0.15, 0.2) is 0 Å². The zero-order valence-electron chi connectivity index (χ0n) is 9.87. The lowest BCUT2D eigenvalue weighted by molar-refractivity contribution is -0.132. The number of carbonyl (C=O) groups excluding carboxylic acids is 1. The molecule has 0 aromatic carbocycles. The summed E-state index contributed by atoms with van der Waals surface area (Å²) in [6.45, 7) is 10.5. The number of carbonyl (C=O) groups is 1. The number of amides is 1. The van der Waals surface area contributed by atoms with Crippen LogP contribution >= 0.6 is 0 Å². The maximum absolute atomic E-state index is 12.0. The third-order valence-electron chi connectivity index (χ3n) is 3.09. The van der Waals surface area contributed by atoms with E-state index in [1.54, 1.807) is 0 Å². The van der Waals surface area contributed by atoms with Gasteiger partial charge in [-0.1, -0.05) is 20.8 Å². The quantitative estimate of drug-likeness (QED) is 0.747. The van der Waals surface area contributed by atoms with Crippen molar-refractivity contribution in [1.82, 2.24) is 10.2 Å². The molecular formula is C11H22N2O. The minimum absolute atomic E-state index is 0.0130. The van der Waals surface area contributed by atoms with Gasteiger partial charge in [-0.25, -0.2) is 0 Å². The average Bonchev–Trinajstić information content (AvgIpc) is 2.41. The fraction of sp³-hybridized carbons (Fsp3) is 0.909. The van der Waals surface area contributed by atoms with E-state index in [0.717, 1.165) is 6.42 Å². The molecule has 3 heteroatoms. The van der Waals surface area contributed by atoms with Gasteiger partial charge in [0.05, 0.1) is 12.2 Å².